The molecule has 0 fully saturated rings. The molecule has 1 aliphatic rings. The standard InChI is InChI=1S/C17H22N2O4/c1-4-5-6-14-13-9-23-17(2,3)7-11(13)12(8-18)16(19-14)22-10-15(20)21/h4-7,9-10H2,1-3H3,(H,20,21). The zero-order valence-corrected chi connectivity index (χ0v) is 13.8. The molecule has 0 amide bonds. The van der Waals surface area contributed by atoms with Crippen LogP contribution in [0.2, 0.25) is 0 Å². The van der Waals surface area contributed by atoms with E-state index < -0.39 is 12.6 Å². The number of hydrogen-bond donors (Lipinski definition) is 1. The molecule has 1 aliphatic heterocycles. The predicted molar refractivity (Wildman–Crippen MR) is 83.3 cm³/mol. The lowest BCUT2D eigenvalue weighted by Crippen LogP contribution is -2.33. The van der Waals surface area contributed by atoms with Gasteiger partial charge in [0.25, 0.3) is 0 Å². The molecule has 6 nitrogen and oxygen atoms in total. The number of carbonyl (C=O) groups is 1. The van der Waals surface area contributed by atoms with Crippen LogP contribution in [-0.4, -0.2) is 28.3 Å². The lowest BCUT2D eigenvalue weighted by Gasteiger charge is -2.33. The Morgan fingerprint density at radius 3 is 2.83 bits per heavy atom. The molecule has 0 aromatic carbocycles. The van der Waals surface area contributed by atoms with Crippen LogP contribution in [0.15, 0.2) is 0 Å². The number of aliphatic carboxylic acids is 1. The monoisotopic (exact) mass is 318 g/mol. The number of hydrogen-bond acceptors (Lipinski definition) is 5. The summed E-state index contributed by atoms with van der Waals surface area (Å²) in [7, 11) is 0. The Labute approximate surface area is 136 Å². The topological polar surface area (TPSA) is 92.4 Å². The first kappa shape index (κ1) is 17.2. The van der Waals surface area contributed by atoms with Crippen LogP contribution < -0.4 is 4.74 Å². The van der Waals surface area contributed by atoms with Crippen LogP contribution in [-0.2, 0) is 29.0 Å². The van der Waals surface area contributed by atoms with Crippen molar-refractivity contribution in [2.45, 2.75) is 58.7 Å². The van der Waals surface area contributed by atoms with E-state index in [4.69, 9.17) is 14.6 Å². The molecule has 2 heterocycles. The second kappa shape index (κ2) is 6.97. The number of pyridine rings is 1. The largest absolute Gasteiger partial charge is 0.479 e. The van der Waals surface area contributed by atoms with E-state index in [-0.39, 0.29) is 11.5 Å². The van der Waals surface area contributed by atoms with Gasteiger partial charge in [-0.2, -0.15) is 5.26 Å². The van der Waals surface area contributed by atoms with Gasteiger partial charge in [-0.1, -0.05) is 13.3 Å². The van der Waals surface area contributed by atoms with Crippen molar-refractivity contribution in [3.05, 3.63) is 22.4 Å². The number of fused-ring (bicyclic) bond motifs is 1. The van der Waals surface area contributed by atoms with Crippen LogP contribution in [0.3, 0.4) is 0 Å². The number of unbranched alkanes of at least 4 members (excludes halogenated alkanes) is 1. The average Bonchev–Trinajstić information content (AvgIpc) is 2.49. The van der Waals surface area contributed by atoms with Crippen LogP contribution >= 0.6 is 0 Å². The van der Waals surface area contributed by atoms with Gasteiger partial charge in [0.2, 0.25) is 5.88 Å². The maximum atomic E-state index is 10.8. The normalized spacial score (nSPS) is 15.6. The highest BCUT2D eigenvalue weighted by Gasteiger charge is 2.32. The van der Waals surface area contributed by atoms with Gasteiger partial charge in [0, 0.05) is 12.0 Å². The summed E-state index contributed by atoms with van der Waals surface area (Å²) in [5, 5.41) is 18.3. The number of aryl methyl sites for hydroxylation is 1. The highest BCUT2D eigenvalue weighted by atomic mass is 16.5. The Morgan fingerprint density at radius 2 is 2.22 bits per heavy atom. The number of aromatic nitrogens is 1. The number of carboxylic acids is 1. The highest BCUT2D eigenvalue weighted by Crippen LogP contribution is 2.35. The summed E-state index contributed by atoms with van der Waals surface area (Å²) < 4.78 is 11.1. The lowest BCUT2D eigenvalue weighted by atomic mass is 9.87. The first-order valence-electron chi connectivity index (χ1n) is 7.81. The van der Waals surface area contributed by atoms with Crippen LogP contribution in [0, 0.1) is 11.3 Å². The number of nitriles is 1. The van der Waals surface area contributed by atoms with Crippen molar-refractivity contribution in [1.82, 2.24) is 4.98 Å². The van der Waals surface area contributed by atoms with Crippen molar-refractivity contribution in [3.8, 4) is 11.9 Å². The number of carboxylic acid groups (broad SMARTS) is 1. The van der Waals surface area contributed by atoms with E-state index in [0.717, 1.165) is 36.1 Å². The SMILES string of the molecule is CCCCc1nc(OCC(=O)O)c(C#N)c2c1COC(C)(C)C2. The summed E-state index contributed by atoms with van der Waals surface area (Å²) in [6, 6.07) is 2.13. The minimum absolute atomic E-state index is 0.123. The van der Waals surface area contributed by atoms with E-state index in [1.54, 1.807) is 0 Å². The highest BCUT2D eigenvalue weighted by molar-refractivity contribution is 5.68. The van der Waals surface area contributed by atoms with Crippen molar-refractivity contribution in [3.63, 3.8) is 0 Å². The van der Waals surface area contributed by atoms with Gasteiger partial charge < -0.3 is 14.6 Å². The van der Waals surface area contributed by atoms with Crippen LogP contribution in [0.25, 0.3) is 0 Å². The quantitative estimate of drug-likeness (QED) is 0.866. The van der Waals surface area contributed by atoms with Crippen molar-refractivity contribution < 1.29 is 19.4 Å². The molecule has 0 aliphatic carbocycles. The molecular formula is C17H22N2O4. The van der Waals surface area contributed by atoms with Crippen LogP contribution in [0.4, 0.5) is 0 Å². The minimum atomic E-state index is -1.09. The van der Waals surface area contributed by atoms with Crippen LogP contribution in [0.1, 0.15) is 56.0 Å². The molecule has 1 N–H and O–H groups in total. The third-order valence-electron chi connectivity index (χ3n) is 3.89. The molecular weight excluding hydrogens is 296 g/mol. The maximum absolute atomic E-state index is 10.8. The van der Waals surface area contributed by atoms with E-state index in [1.165, 1.54) is 0 Å². The third kappa shape index (κ3) is 3.99. The van der Waals surface area contributed by atoms with Gasteiger partial charge in [-0.25, -0.2) is 9.78 Å². The molecule has 0 bridgehead atoms. The van der Waals surface area contributed by atoms with E-state index in [0.29, 0.717) is 18.6 Å². The molecule has 6 heteroatoms. The Balaban J connectivity index is 2.50. The van der Waals surface area contributed by atoms with E-state index >= 15 is 0 Å². The minimum Gasteiger partial charge on any atom is -0.479 e. The zero-order valence-electron chi connectivity index (χ0n) is 13.8. The summed E-state index contributed by atoms with van der Waals surface area (Å²) in [6.07, 6.45) is 3.33. The third-order valence-corrected chi connectivity index (χ3v) is 3.89. The Hall–Kier alpha value is -2.13. The van der Waals surface area contributed by atoms with Crippen molar-refractivity contribution >= 4 is 5.97 Å². The molecule has 2 rings (SSSR count). The van der Waals surface area contributed by atoms with Crippen molar-refractivity contribution in [1.29, 1.82) is 5.26 Å². The average molecular weight is 318 g/mol. The van der Waals surface area contributed by atoms with Gasteiger partial charge in [-0.3, -0.25) is 0 Å². The fourth-order valence-corrected chi connectivity index (χ4v) is 2.71. The first-order valence-corrected chi connectivity index (χ1v) is 7.81. The van der Waals surface area contributed by atoms with Crippen molar-refractivity contribution in [2.75, 3.05) is 6.61 Å². The summed E-state index contributed by atoms with van der Waals surface area (Å²) >= 11 is 0. The second-order valence-electron chi connectivity index (χ2n) is 6.32. The van der Waals surface area contributed by atoms with Gasteiger partial charge in [-0.15, -0.1) is 0 Å². The first-order chi connectivity index (χ1) is 10.9. The van der Waals surface area contributed by atoms with Gasteiger partial charge in [0.1, 0.15) is 11.6 Å². The molecule has 23 heavy (non-hydrogen) atoms. The Kier molecular flexibility index (Phi) is 5.22. The molecule has 0 spiro atoms. The molecule has 0 saturated carbocycles. The van der Waals surface area contributed by atoms with E-state index in [9.17, 15) is 10.1 Å². The number of rotatable bonds is 6. The number of ether oxygens (including phenoxy) is 2. The smallest absolute Gasteiger partial charge is 0.341 e. The molecule has 0 saturated heterocycles. The van der Waals surface area contributed by atoms with E-state index in [2.05, 4.69) is 18.0 Å². The molecule has 1 aromatic rings. The summed E-state index contributed by atoms with van der Waals surface area (Å²) in [6.45, 7) is 5.95. The lowest BCUT2D eigenvalue weighted by molar-refractivity contribution is -0.139. The molecule has 0 atom stereocenters. The van der Waals surface area contributed by atoms with Gasteiger partial charge in [0.05, 0.1) is 17.9 Å². The van der Waals surface area contributed by atoms with Gasteiger partial charge in [0.15, 0.2) is 6.61 Å². The predicted octanol–water partition coefficient (Wildman–Crippen LogP) is 2.61. The molecule has 124 valence electrons. The fourth-order valence-electron chi connectivity index (χ4n) is 2.71. The molecule has 0 unspecified atom stereocenters. The van der Waals surface area contributed by atoms with Gasteiger partial charge >= 0.3 is 5.97 Å². The molecule has 0 radical (unpaired) electrons. The maximum Gasteiger partial charge on any atom is 0.341 e. The summed E-state index contributed by atoms with van der Waals surface area (Å²) in [5.74, 6) is -0.968. The fraction of sp³-hybridized carbons (Fsp3) is 0.588. The van der Waals surface area contributed by atoms with Crippen molar-refractivity contribution in [2.24, 2.45) is 0 Å². The summed E-state index contributed by atoms with van der Waals surface area (Å²) in [5.41, 5.74) is 2.64. The van der Waals surface area contributed by atoms with E-state index in [1.807, 2.05) is 13.8 Å². The zero-order chi connectivity index (χ0) is 17.0. The molecule has 1 aromatic heterocycles. The second-order valence-corrected chi connectivity index (χ2v) is 6.32. The van der Waals surface area contributed by atoms with Gasteiger partial charge in [-0.05, 0) is 32.3 Å². The van der Waals surface area contributed by atoms with Crippen LogP contribution in [0.5, 0.6) is 5.88 Å². The number of nitrogens with zero attached hydrogens (tertiary/aromatic N) is 2. The Bertz CT molecular complexity index is 647. The Morgan fingerprint density at radius 1 is 1.48 bits per heavy atom. The summed E-state index contributed by atoms with van der Waals surface area (Å²) in [4.78, 5) is 15.2.